The van der Waals surface area contributed by atoms with Gasteiger partial charge in [-0.1, -0.05) is 0 Å². The smallest absolute Gasteiger partial charge is 0.312 e. The molecule has 1 amide bonds. The zero-order chi connectivity index (χ0) is 9.56. The van der Waals surface area contributed by atoms with E-state index < -0.39 is 18.3 Å². The topological polar surface area (TPSA) is 69.6 Å². The highest BCUT2D eigenvalue weighted by molar-refractivity contribution is 5.93. The van der Waals surface area contributed by atoms with Crippen molar-refractivity contribution in [3.8, 4) is 0 Å². The predicted molar refractivity (Wildman–Crippen MR) is 43.8 cm³/mol. The standard InChI is InChI=1S/C7H14N2O3/c1-9(2)4-3-8-6(10)5-7(11)12/h3-5H2,1-2H3,(H,8,10)(H,11,12). The third-order valence-electron chi connectivity index (χ3n) is 1.19. The number of amides is 1. The van der Waals surface area contributed by atoms with Gasteiger partial charge in [-0.2, -0.15) is 0 Å². The number of nitrogens with zero attached hydrogens (tertiary/aromatic N) is 1. The highest BCUT2D eigenvalue weighted by Gasteiger charge is 2.05. The summed E-state index contributed by atoms with van der Waals surface area (Å²) in [7, 11) is 3.76. The van der Waals surface area contributed by atoms with Gasteiger partial charge in [0, 0.05) is 13.1 Å². The Bertz CT molecular complexity index is 168. The normalized spacial score (nSPS) is 9.92. The summed E-state index contributed by atoms with van der Waals surface area (Å²) in [6.45, 7) is 1.20. The van der Waals surface area contributed by atoms with E-state index in [0.717, 1.165) is 0 Å². The van der Waals surface area contributed by atoms with Crippen LogP contribution in [0.15, 0.2) is 0 Å². The molecule has 0 bridgehead atoms. The summed E-state index contributed by atoms with van der Waals surface area (Å²) in [5.74, 6) is -1.54. The molecule has 5 heteroatoms. The van der Waals surface area contributed by atoms with Crippen molar-refractivity contribution in [3.05, 3.63) is 0 Å². The molecule has 0 fully saturated rings. The molecule has 0 unspecified atom stereocenters. The van der Waals surface area contributed by atoms with E-state index in [9.17, 15) is 9.59 Å². The van der Waals surface area contributed by atoms with Crippen LogP contribution < -0.4 is 5.32 Å². The highest BCUT2D eigenvalue weighted by Crippen LogP contribution is 1.79. The van der Waals surface area contributed by atoms with Crippen LogP contribution in [0.4, 0.5) is 0 Å². The molecular weight excluding hydrogens is 160 g/mol. The maximum atomic E-state index is 10.7. The van der Waals surface area contributed by atoms with Crippen LogP contribution >= 0.6 is 0 Å². The fourth-order valence-electron chi connectivity index (χ4n) is 0.619. The molecule has 0 aromatic rings. The van der Waals surface area contributed by atoms with E-state index >= 15 is 0 Å². The van der Waals surface area contributed by atoms with E-state index in [4.69, 9.17) is 5.11 Å². The summed E-state index contributed by atoms with van der Waals surface area (Å²) in [4.78, 5) is 22.7. The van der Waals surface area contributed by atoms with E-state index in [0.29, 0.717) is 13.1 Å². The zero-order valence-corrected chi connectivity index (χ0v) is 7.33. The lowest BCUT2D eigenvalue weighted by Crippen LogP contribution is -2.32. The minimum Gasteiger partial charge on any atom is -0.481 e. The van der Waals surface area contributed by atoms with E-state index in [1.54, 1.807) is 0 Å². The van der Waals surface area contributed by atoms with E-state index in [1.807, 2.05) is 19.0 Å². The average molecular weight is 174 g/mol. The third kappa shape index (κ3) is 7.01. The summed E-state index contributed by atoms with van der Waals surface area (Å²) in [6, 6.07) is 0. The number of likely N-dealkylation sites (N-methyl/N-ethyl adjacent to an activating group) is 1. The second kappa shape index (κ2) is 5.54. The van der Waals surface area contributed by atoms with Crippen molar-refractivity contribution in [2.24, 2.45) is 0 Å². The molecule has 0 radical (unpaired) electrons. The monoisotopic (exact) mass is 174 g/mol. The van der Waals surface area contributed by atoms with Gasteiger partial charge < -0.3 is 15.3 Å². The Balaban J connectivity index is 3.38. The van der Waals surface area contributed by atoms with Crippen molar-refractivity contribution < 1.29 is 14.7 Å². The minimum atomic E-state index is -1.10. The fourth-order valence-corrected chi connectivity index (χ4v) is 0.619. The first kappa shape index (κ1) is 10.9. The van der Waals surface area contributed by atoms with Crippen molar-refractivity contribution in [1.82, 2.24) is 10.2 Å². The first-order valence-corrected chi connectivity index (χ1v) is 3.65. The summed E-state index contributed by atoms with van der Waals surface area (Å²) >= 11 is 0. The van der Waals surface area contributed by atoms with Crippen molar-refractivity contribution in [2.75, 3.05) is 27.2 Å². The van der Waals surface area contributed by atoms with E-state index in [2.05, 4.69) is 5.32 Å². The molecule has 0 saturated heterocycles. The molecule has 0 aliphatic heterocycles. The number of hydrogen-bond donors (Lipinski definition) is 2. The van der Waals surface area contributed by atoms with Crippen molar-refractivity contribution in [3.63, 3.8) is 0 Å². The van der Waals surface area contributed by atoms with E-state index in [-0.39, 0.29) is 0 Å². The number of carboxylic acids is 1. The van der Waals surface area contributed by atoms with Crippen LogP contribution in [0.5, 0.6) is 0 Å². The molecule has 0 aromatic heterocycles. The van der Waals surface area contributed by atoms with Gasteiger partial charge in [-0.05, 0) is 14.1 Å². The van der Waals surface area contributed by atoms with Gasteiger partial charge in [-0.25, -0.2) is 0 Å². The molecule has 5 nitrogen and oxygen atoms in total. The molecule has 0 saturated carbocycles. The lowest BCUT2D eigenvalue weighted by atomic mass is 10.4. The molecule has 0 rings (SSSR count). The molecule has 70 valence electrons. The quantitative estimate of drug-likeness (QED) is 0.532. The lowest BCUT2D eigenvalue weighted by molar-refractivity contribution is -0.140. The van der Waals surface area contributed by atoms with Gasteiger partial charge in [-0.15, -0.1) is 0 Å². The number of carbonyl (C=O) groups excluding carboxylic acids is 1. The Morgan fingerprint density at radius 3 is 2.42 bits per heavy atom. The van der Waals surface area contributed by atoms with Gasteiger partial charge in [0.05, 0.1) is 0 Å². The second-order valence-corrected chi connectivity index (χ2v) is 2.72. The van der Waals surface area contributed by atoms with Gasteiger partial charge in [0.25, 0.3) is 0 Å². The number of hydrogen-bond acceptors (Lipinski definition) is 3. The molecule has 12 heavy (non-hydrogen) atoms. The Labute approximate surface area is 71.4 Å². The molecule has 0 aliphatic rings. The Morgan fingerprint density at radius 1 is 1.42 bits per heavy atom. The first-order valence-electron chi connectivity index (χ1n) is 3.65. The van der Waals surface area contributed by atoms with Crippen molar-refractivity contribution >= 4 is 11.9 Å². The molecule has 0 aromatic carbocycles. The first-order chi connectivity index (χ1) is 5.52. The largest absolute Gasteiger partial charge is 0.481 e. The summed E-state index contributed by atoms with van der Waals surface area (Å²) in [6.07, 6.45) is -0.451. The van der Waals surface area contributed by atoms with Crippen molar-refractivity contribution in [1.29, 1.82) is 0 Å². The number of rotatable bonds is 5. The van der Waals surface area contributed by atoms with E-state index in [1.165, 1.54) is 0 Å². The van der Waals surface area contributed by atoms with Gasteiger partial charge >= 0.3 is 5.97 Å². The maximum absolute atomic E-state index is 10.7. The SMILES string of the molecule is CN(C)CCNC(=O)CC(=O)O. The number of nitrogens with one attached hydrogen (secondary N) is 1. The number of carbonyl (C=O) groups is 2. The second-order valence-electron chi connectivity index (χ2n) is 2.72. The van der Waals surface area contributed by atoms with Crippen LogP contribution in [0.2, 0.25) is 0 Å². The van der Waals surface area contributed by atoms with Gasteiger partial charge in [0.15, 0.2) is 0 Å². The Morgan fingerprint density at radius 2 is 2.00 bits per heavy atom. The summed E-state index contributed by atoms with van der Waals surface area (Å²) < 4.78 is 0. The molecular formula is C7H14N2O3. The zero-order valence-electron chi connectivity index (χ0n) is 7.33. The van der Waals surface area contributed by atoms with Crippen LogP contribution in [0.3, 0.4) is 0 Å². The highest BCUT2D eigenvalue weighted by atomic mass is 16.4. The third-order valence-corrected chi connectivity index (χ3v) is 1.19. The Kier molecular flexibility index (Phi) is 5.03. The van der Waals surface area contributed by atoms with Gasteiger partial charge in [0.2, 0.25) is 5.91 Å². The molecule has 0 spiro atoms. The fraction of sp³-hybridized carbons (Fsp3) is 0.714. The van der Waals surface area contributed by atoms with Gasteiger partial charge in [0.1, 0.15) is 6.42 Å². The molecule has 2 N–H and O–H groups in total. The number of carboxylic acid groups (broad SMARTS) is 1. The van der Waals surface area contributed by atoms with Crippen LogP contribution in [0.1, 0.15) is 6.42 Å². The minimum absolute atomic E-state index is 0.440. The average Bonchev–Trinajstić information content (AvgIpc) is 1.84. The Hall–Kier alpha value is -1.10. The van der Waals surface area contributed by atoms with Gasteiger partial charge in [-0.3, -0.25) is 9.59 Å². The van der Waals surface area contributed by atoms with Crippen molar-refractivity contribution in [2.45, 2.75) is 6.42 Å². The molecule has 0 heterocycles. The molecule has 0 atom stereocenters. The van der Waals surface area contributed by atoms with Crippen LogP contribution in [0, 0.1) is 0 Å². The van der Waals surface area contributed by atoms with Crippen LogP contribution in [-0.2, 0) is 9.59 Å². The molecule has 0 aliphatic carbocycles. The predicted octanol–water partition coefficient (Wildman–Crippen LogP) is -0.861. The summed E-state index contributed by atoms with van der Waals surface area (Å²) in [5, 5.41) is 10.7. The number of aliphatic carboxylic acids is 1. The summed E-state index contributed by atoms with van der Waals surface area (Å²) in [5.41, 5.74) is 0. The maximum Gasteiger partial charge on any atom is 0.312 e. The van der Waals surface area contributed by atoms with Crippen LogP contribution in [-0.4, -0.2) is 49.1 Å². The van der Waals surface area contributed by atoms with Crippen LogP contribution in [0.25, 0.3) is 0 Å². The lowest BCUT2D eigenvalue weighted by Gasteiger charge is -2.09.